The van der Waals surface area contributed by atoms with Crippen molar-refractivity contribution in [2.24, 2.45) is 10.7 Å². The molecule has 0 spiro atoms. The maximum atomic E-state index is 11.8. The topological polar surface area (TPSA) is 87.8 Å². The summed E-state index contributed by atoms with van der Waals surface area (Å²) >= 11 is 0. The van der Waals surface area contributed by atoms with Gasteiger partial charge < -0.3 is 11.1 Å². The van der Waals surface area contributed by atoms with Gasteiger partial charge in [0.25, 0.3) is 0 Å². The zero-order valence-corrected chi connectivity index (χ0v) is 14.1. The number of nitrogens with two attached hydrogens (primary N) is 1. The highest BCUT2D eigenvalue weighted by Crippen LogP contribution is 2.00. The third kappa shape index (κ3) is 7.88. The maximum absolute atomic E-state index is 11.8. The predicted molar refractivity (Wildman–Crippen MR) is 86.8 cm³/mol. The fourth-order valence-corrected chi connectivity index (χ4v) is 2.63. The molecule has 0 aliphatic rings. The lowest BCUT2D eigenvalue weighted by Crippen LogP contribution is -2.35. The molecule has 0 amide bonds. The summed E-state index contributed by atoms with van der Waals surface area (Å²) in [7, 11) is -3.22. The Morgan fingerprint density at radius 1 is 1.44 bits per heavy atom. The van der Waals surface area contributed by atoms with Gasteiger partial charge >= 0.3 is 0 Å². The first-order chi connectivity index (χ1) is 7.97. The van der Waals surface area contributed by atoms with Crippen molar-refractivity contribution in [3.05, 3.63) is 12.7 Å². The van der Waals surface area contributed by atoms with Gasteiger partial charge in [0.05, 0.1) is 12.3 Å². The van der Waals surface area contributed by atoms with Gasteiger partial charge in [0.2, 0.25) is 10.0 Å². The Hall–Kier alpha value is -0.350. The molecule has 0 saturated heterocycles. The number of hydrogen-bond donors (Lipinski definition) is 2. The van der Waals surface area contributed by atoms with Crippen LogP contribution in [0, 0.1) is 0 Å². The second-order valence-electron chi connectivity index (χ2n) is 3.34. The van der Waals surface area contributed by atoms with E-state index < -0.39 is 10.0 Å². The van der Waals surface area contributed by atoms with Crippen LogP contribution in [0.2, 0.25) is 0 Å². The molecule has 0 unspecified atom stereocenters. The van der Waals surface area contributed by atoms with Gasteiger partial charge in [-0.25, -0.2) is 12.7 Å². The molecular weight excluding hydrogens is 367 g/mol. The normalized spacial score (nSPS) is 12.1. The van der Waals surface area contributed by atoms with Gasteiger partial charge in [-0.15, -0.1) is 30.6 Å². The minimum atomic E-state index is -3.22. The minimum Gasteiger partial charge on any atom is -0.370 e. The molecule has 0 rings (SSSR count). The largest absolute Gasteiger partial charge is 0.370 e. The third-order valence-corrected chi connectivity index (χ3v) is 4.16. The standard InChI is InChI=1S/C10H22N4O2S.HI/c1-4-7-12-10(11)13-8-9-17(15,16)14(5-2)6-3;/h4H,1,5-9H2,2-3H3,(H3,11,12,13);1H. The number of halogens is 1. The lowest BCUT2D eigenvalue weighted by atomic mass is 10.6. The fraction of sp³-hybridized carbons (Fsp3) is 0.700. The predicted octanol–water partition coefficient (Wildman–Crippen LogP) is 0.366. The van der Waals surface area contributed by atoms with E-state index in [0.29, 0.717) is 19.6 Å². The number of guanidine groups is 1. The van der Waals surface area contributed by atoms with Crippen LogP contribution in [0.4, 0.5) is 0 Å². The van der Waals surface area contributed by atoms with E-state index in [1.54, 1.807) is 6.08 Å². The Morgan fingerprint density at radius 2 is 2.00 bits per heavy atom. The fourth-order valence-electron chi connectivity index (χ4n) is 1.26. The van der Waals surface area contributed by atoms with E-state index in [-0.39, 0.29) is 42.2 Å². The van der Waals surface area contributed by atoms with Gasteiger partial charge in [-0.3, -0.25) is 4.99 Å². The molecule has 8 heteroatoms. The molecule has 0 aromatic carbocycles. The molecule has 0 aliphatic carbocycles. The van der Waals surface area contributed by atoms with Gasteiger partial charge in [0, 0.05) is 19.6 Å². The van der Waals surface area contributed by atoms with E-state index in [4.69, 9.17) is 5.73 Å². The second kappa shape index (κ2) is 10.6. The Morgan fingerprint density at radius 3 is 2.44 bits per heavy atom. The molecule has 0 radical (unpaired) electrons. The van der Waals surface area contributed by atoms with Crippen molar-refractivity contribution in [2.75, 3.05) is 31.9 Å². The van der Waals surface area contributed by atoms with Crippen LogP contribution in [-0.2, 0) is 10.0 Å². The molecule has 0 atom stereocenters. The maximum Gasteiger partial charge on any atom is 0.215 e. The van der Waals surface area contributed by atoms with Crippen LogP contribution in [0.3, 0.4) is 0 Å². The van der Waals surface area contributed by atoms with Crippen LogP contribution in [0.1, 0.15) is 13.8 Å². The van der Waals surface area contributed by atoms with Crippen LogP contribution in [0.5, 0.6) is 0 Å². The van der Waals surface area contributed by atoms with Gasteiger partial charge in [0.15, 0.2) is 5.96 Å². The first-order valence-corrected chi connectivity index (χ1v) is 7.21. The summed E-state index contributed by atoms with van der Waals surface area (Å²) in [5, 5.41) is 2.78. The van der Waals surface area contributed by atoms with Crippen molar-refractivity contribution in [2.45, 2.75) is 13.8 Å². The zero-order valence-electron chi connectivity index (χ0n) is 10.9. The van der Waals surface area contributed by atoms with E-state index in [0.717, 1.165) is 0 Å². The summed E-state index contributed by atoms with van der Waals surface area (Å²) < 4.78 is 24.9. The van der Waals surface area contributed by atoms with Gasteiger partial charge in [-0.05, 0) is 0 Å². The number of aliphatic imine (C=N–C) groups is 1. The molecule has 0 aromatic rings. The Bertz CT molecular complexity index is 353. The molecule has 3 N–H and O–H groups in total. The van der Waals surface area contributed by atoms with Crippen LogP contribution in [0.15, 0.2) is 17.6 Å². The highest BCUT2D eigenvalue weighted by atomic mass is 127. The van der Waals surface area contributed by atoms with E-state index >= 15 is 0 Å². The van der Waals surface area contributed by atoms with Crippen LogP contribution in [-0.4, -0.2) is 50.6 Å². The number of nitrogens with zero attached hydrogens (tertiary/aromatic N) is 2. The van der Waals surface area contributed by atoms with Crippen LogP contribution in [0.25, 0.3) is 0 Å². The molecule has 6 nitrogen and oxygen atoms in total. The van der Waals surface area contributed by atoms with Gasteiger partial charge in [0.1, 0.15) is 0 Å². The Kier molecular flexibility index (Phi) is 11.7. The highest BCUT2D eigenvalue weighted by molar-refractivity contribution is 14.0. The summed E-state index contributed by atoms with van der Waals surface area (Å²) in [6.45, 7) is 8.77. The van der Waals surface area contributed by atoms with E-state index in [1.807, 2.05) is 13.8 Å². The van der Waals surface area contributed by atoms with Crippen molar-refractivity contribution < 1.29 is 8.42 Å². The Balaban J connectivity index is 0. The van der Waals surface area contributed by atoms with Gasteiger partial charge in [-0.2, -0.15) is 0 Å². The van der Waals surface area contributed by atoms with E-state index in [9.17, 15) is 8.42 Å². The summed E-state index contributed by atoms with van der Waals surface area (Å²) in [5.74, 6) is 0.213. The molecular formula is C10H23IN4O2S. The second-order valence-corrected chi connectivity index (χ2v) is 5.43. The summed E-state index contributed by atoms with van der Waals surface area (Å²) in [5.41, 5.74) is 5.51. The third-order valence-electron chi connectivity index (χ3n) is 2.16. The van der Waals surface area contributed by atoms with Gasteiger partial charge in [-0.1, -0.05) is 19.9 Å². The van der Waals surface area contributed by atoms with Crippen LogP contribution < -0.4 is 11.1 Å². The lowest BCUT2D eigenvalue weighted by Gasteiger charge is -2.17. The number of nitrogens with one attached hydrogen (secondary N) is 1. The zero-order chi connectivity index (χ0) is 13.3. The van der Waals surface area contributed by atoms with E-state index in [1.165, 1.54) is 4.31 Å². The average molecular weight is 390 g/mol. The number of rotatable bonds is 8. The SMILES string of the molecule is C=CCNC(N)=NCCS(=O)(=O)N(CC)CC.I. The lowest BCUT2D eigenvalue weighted by molar-refractivity contribution is 0.445. The van der Waals surface area contributed by atoms with Crippen molar-refractivity contribution in [1.82, 2.24) is 9.62 Å². The quantitative estimate of drug-likeness (QED) is 0.271. The molecule has 0 fully saturated rings. The smallest absolute Gasteiger partial charge is 0.215 e. The highest BCUT2D eigenvalue weighted by Gasteiger charge is 2.17. The molecule has 108 valence electrons. The monoisotopic (exact) mass is 390 g/mol. The molecule has 0 aromatic heterocycles. The first kappa shape index (κ1) is 20.0. The summed E-state index contributed by atoms with van der Waals surface area (Å²) in [6.07, 6.45) is 1.65. The number of hydrogen-bond acceptors (Lipinski definition) is 3. The van der Waals surface area contributed by atoms with Crippen molar-refractivity contribution >= 4 is 40.0 Å². The van der Waals surface area contributed by atoms with E-state index in [2.05, 4.69) is 16.9 Å². The van der Waals surface area contributed by atoms with Crippen molar-refractivity contribution in [1.29, 1.82) is 0 Å². The minimum absolute atomic E-state index is 0. The van der Waals surface area contributed by atoms with Crippen molar-refractivity contribution in [3.63, 3.8) is 0 Å². The molecule has 0 aliphatic heterocycles. The Labute approximate surface area is 127 Å². The average Bonchev–Trinajstić information content (AvgIpc) is 2.27. The first-order valence-electron chi connectivity index (χ1n) is 5.60. The van der Waals surface area contributed by atoms with Crippen LogP contribution >= 0.6 is 24.0 Å². The number of sulfonamides is 1. The molecule has 0 heterocycles. The summed E-state index contributed by atoms with van der Waals surface area (Å²) in [4.78, 5) is 3.93. The van der Waals surface area contributed by atoms with Crippen molar-refractivity contribution in [3.8, 4) is 0 Å². The molecule has 0 bridgehead atoms. The molecule has 18 heavy (non-hydrogen) atoms. The molecule has 0 saturated carbocycles. The summed E-state index contributed by atoms with van der Waals surface area (Å²) in [6, 6.07) is 0.